The number of carbonyl (C=O) groups is 2. The van der Waals surface area contributed by atoms with Crippen molar-refractivity contribution in [2.75, 3.05) is 20.3 Å². The van der Waals surface area contributed by atoms with Gasteiger partial charge in [-0.25, -0.2) is 9.18 Å². The minimum atomic E-state index is -0.697. The highest BCUT2D eigenvalue weighted by Crippen LogP contribution is 2.16. The number of esters is 1. The minimum Gasteiger partial charge on any atom is -0.496 e. The molecule has 0 atom stereocenters. The van der Waals surface area contributed by atoms with Gasteiger partial charge in [0.2, 0.25) is 0 Å². The molecule has 6 nitrogen and oxygen atoms in total. The van der Waals surface area contributed by atoms with Crippen molar-refractivity contribution in [1.29, 1.82) is 0 Å². The summed E-state index contributed by atoms with van der Waals surface area (Å²) in [6.07, 6.45) is 0. The van der Waals surface area contributed by atoms with Crippen LogP contribution in [0.15, 0.2) is 48.5 Å². The molecule has 2 aromatic rings. The summed E-state index contributed by atoms with van der Waals surface area (Å²) in [7, 11) is 1.55. The molecule has 0 unspecified atom stereocenters. The summed E-state index contributed by atoms with van der Waals surface area (Å²) >= 11 is 0. The monoisotopic (exact) mass is 347 g/mol. The van der Waals surface area contributed by atoms with Crippen molar-refractivity contribution in [3.63, 3.8) is 0 Å². The van der Waals surface area contributed by atoms with Gasteiger partial charge in [-0.3, -0.25) is 4.79 Å². The summed E-state index contributed by atoms with van der Waals surface area (Å²) in [6, 6.07) is 12.5. The van der Waals surface area contributed by atoms with E-state index in [9.17, 15) is 14.0 Å². The minimum absolute atomic E-state index is 0.256. The molecule has 0 aliphatic carbocycles. The fraction of sp³-hybridized carbons (Fsp3) is 0.222. The molecule has 2 aromatic carbocycles. The van der Waals surface area contributed by atoms with Crippen molar-refractivity contribution >= 4 is 11.9 Å². The van der Waals surface area contributed by atoms with Gasteiger partial charge in [-0.15, -0.1) is 0 Å². The molecule has 7 heteroatoms. The fourth-order valence-corrected chi connectivity index (χ4v) is 1.95. The van der Waals surface area contributed by atoms with Crippen LogP contribution < -0.4 is 14.8 Å². The van der Waals surface area contributed by atoms with E-state index in [1.807, 2.05) is 18.2 Å². The molecule has 0 radical (unpaired) electrons. The standard InChI is InChI=1S/C18H18FNO5/c1-23-16-5-3-2-4-13(16)10-20-17(21)11-25-18(22)12-24-15-8-6-14(19)7-9-15/h2-9H,10-12H2,1H3,(H,20,21). The first kappa shape index (κ1) is 18.3. The van der Waals surface area contributed by atoms with Crippen LogP contribution in [0.5, 0.6) is 11.5 Å². The van der Waals surface area contributed by atoms with E-state index >= 15 is 0 Å². The average Bonchev–Trinajstić information content (AvgIpc) is 2.64. The van der Waals surface area contributed by atoms with Gasteiger partial charge in [0.05, 0.1) is 7.11 Å². The maximum Gasteiger partial charge on any atom is 0.344 e. The Labute approximate surface area is 144 Å². The van der Waals surface area contributed by atoms with Crippen molar-refractivity contribution in [3.05, 3.63) is 59.9 Å². The van der Waals surface area contributed by atoms with Crippen LogP contribution in [0.2, 0.25) is 0 Å². The molecule has 0 aliphatic heterocycles. The lowest BCUT2D eigenvalue weighted by Gasteiger charge is -2.10. The van der Waals surface area contributed by atoms with Crippen LogP contribution in [0.1, 0.15) is 5.56 Å². The van der Waals surface area contributed by atoms with E-state index in [0.29, 0.717) is 11.5 Å². The zero-order valence-electron chi connectivity index (χ0n) is 13.7. The average molecular weight is 347 g/mol. The van der Waals surface area contributed by atoms with Crippen LogP contribution in [0.4, 0.5) is 4.39 Å². The summed E-state index contributed by atoms with van der Waals surface area (Å²) in [4.78, 5) is 23.3. The molecule has 0 bridgehead atoms. The third-order valence-electron chi connectivity index (χ3n) is 3.20. The number of halogens is 1. The predicted molar refractivity (Wildman–Crippen MR) is 87.7 cm³/mol. The van der Waals surface area contributed by atoms with Crippen molar-refractivity contribution in [2.45, 2.75) is 6.54 Å². The van der Waals surface area contributed by atoms with Gasteiger partial charge in [0.25, 0.3) is 5.91 Å². The Balaban J connectivity index is 1.68. The Morgan fingerprint density at radius 1 is 1.04 bits per heavy atom. The van der Waals surface area contributed by atoms with E-state index < -0.39 is 24.3 Å². The van der Waals surface area contributed by atoms with Gasteiger partial charge in [-0.1, -0.05) is 18.2 Å². The van der Waals surface area contributed by atoms with E-state index in [1.54, 1.807) is 13.2 Å². The first-order chi connectivity index (χ1) is 12.1. The summed E-state index contributed by atoms with van der Waals surface area (Å²) in [6.45, 7) is -0.529. The summed E-state index contributed by atoms with van der Waals surface area (Å²) in [5.74, 6) is -0.550. The largest absolute Gasteiger partial charge is 0.496 e. The highest BCUT2D eigenvalue weighted by atomic mass is 19.1. The molecular formula is C18H18FNO5. The molecule has 132 valence electrons. The lowest BCUT2D eigenvalue weighted by Crippen LogP contribution is -2.29. The maximum atomic E-state index is 12.7. The second-order valence-electron chi connectivity index (χ2n) is 4.99. The number of para-hydroxylation sites is 1. The summed E-state index contributed by atoms with van der Waals surface area (Å²) in [5.41, 5.74) is 0.810. The second-order valence-corrected chi connectivity index (χ2v) is 4.99. The highest BCUT2D eigenvalue weighted by molar-refractivity contribution is 5.80. The molecule has 0 heterocycles. The van der Waals surface area contributed by atoms with Gasteiger partial charge < -0.3 is 19.5 Å². The Hall–Kier alpha value is -3.09. The first-order valence-electron chi connectivity index (χ1n) is 7.51. The quantitative estimate of drug-likeness (QED) is 0.740. The van der Waals surface area contributed by atoms with E-state index in [-0.39, 0.29) is 13.2 Å². The normalized spacial score (nSPS) is 10.0. The van der Waals surface area contributed by atoms with Gasteiger partial charge in [0.15, 0.2) is 13.2 Å². The molecular weight excluding hydrogens is 329 g/mol. The zero-order valence-corrected chi connectivity index (χ0v) is 13.7. The van der Waals surface area contributed by atoms with Gasteiger partial charge in [0.1, 0.15) is 17.3 Å². The van der Waals surface area contributed by atoms with Crippen molar-refractivity contribution < 1.29 is 28.2 Å². The van der Waals surface area contributed by atoms with E-state index in [2.05, 4.69) is 5.32 Å². The highest BCUT2D eigenvalue weighted by Gasteiger charge is 2.09. The van der Waals surface area contributed by atoms with Gasteiger partial charge in [0, 0.05) is 12.1 Å². The van der Waals surface area contributed by atoms with Crippen LogP contribution in [0, 0.1) is 5.82 Å². The van der Waals surface area contributed by atoms with Crippen molar-refractivity contribution in [2.24, 2.45) is 0 Å². The van der Waals surface area contributed by atoms with Gasteiger partial charge in [-0.05, 0) is 30.3 Å². The Kier molecular flexibility index (Phi) is 6.76. The molecule has 0 saturated carbocycles. The van der Waals surface area contributed by atoms with Crippen LogP contribution in [0.25, 0.3) is 0 Å². The topological polar surface area (TPSA) is 73.9 Å². The SMILES string of the molecule is COc1ccccc1CNC(=O)COC(=O)COc1ccc(F)cc1. The van der Waals surface area contributed by atoms with E-state index in [0.717, 1.165) is 5.56 Å². The molecule has 1 amide bonds. The van der Waals surface area contributed by atoms with Gasteiger partial charge in [-0.2, -0.15) is 0 Å². The van der Waals surface area contributed by atoms with Crippen molar-refractivity contribution in [1.82, 2.24) is 5.32 Å². The van der Waals surface area contributed by atoms with Crippen LogP contribution >= 0.6 is 0 Å². The van der Waals surface area contributed by atoms with Gasteiger partial charge >= 0.3 is 5.97 Å². The molecule has 0 spiro atoms. The Morgan fingerprint density at radius 2 is 1.76 bits per heavy atom. The molecule has 0 fully saturated rings. The van der Waals surface area contributed by atoms with Crippen LogP contribution in [-0.2, 0) is 20.9 Å². The summed E-state index contributed by atoms with van der Waals surface area (Å²) in [5, 5.41) is 2.63. The molecule has 2 rings (SSSR count). The molecule has 1 N–H and O–H groups in total. The zero-order chi connectivity index (χ0) is 18.1. The first-order valence-corrected chi connectivity index (χ1v) is 7.51. The van der Waals surface area contributed by atoms with Crippen LogP contribution in [0.3, 0.4) is 0 Å². The second kappa shape index (κ2) is 9.27. The van der Waals surface area contributed by atoms with Crippen molar-refractivity contribution in [3.8, 4) is 11.5 Å². The lowest BCUT2D eigenvalue weighted by atomic mass is 10.2. The summed E-state index contributed by atoms with van der Waals surface area (Å²) < 4.78 is 27.9. The smallest absolute Gasteiger partial charge is 0.344 e. The lowest BCUT2D eigenvalue weighted by molar-refractivity contribution is -0.150. The van der Waals surface area contributed by atoms with E-state index in [4.69, 9.17) is 14.2 Å². The predicted octanol–water partition coefficient (Wildman–Crippen LogP) is 2.07. The number of amides is 1. The molecule has 25 heavy (non-hydrogen) atoms. The fourth-order valence-electron chi connectivity index (χ4n) is 1.95. The number of hydrogen-bond donors (Lipinski definition) is 1. The van der Waals surface area contributed by atoms with Crippen LogP contribution in [-0.4, -0.2) is 32.2 Å². The maximum absolute atomic E-state index is 12.7. The third kappa shape index (κ3) is 6.14. The molecule has 0 aliphatic rings. The molecule has 0 aromatic heterocycles. The number of ether oxygens (including phenoxy) is 3. The number of carbonyl (C=O) groups excluding carboxylic acids is 2. The third-order valence-corrected chi connectivity index (χ3v) is 3.20. The number of benzene rings is 2. The number of methoxy groups -OCH3 is 1. The number of nitrogens with one attached hydrogen (secondary N) is 1. The Morgan fingerprint density at radius 3 is 2.48 bits per heavy atom. The Bertz CT molecular complexity index is 718. The number of rotatable bonds is 8. The molecule has 0 saturated heterocycles. The van der Waals surface area contributed by atoms with E-state index in [1.165, 1.54) is 24.3 Å². The number of hydrogen-bond acceptors (Lipinski definition) is 5.